The maximum atomic E-state index is 12.4. The zero-order valence-corrected chi connectivity index (χ0v) is 20.0. The first-order valence-corrected chi connectivity index (χ1v) is 8.73. The summed E-state index contributed by atoms with van der Waals surface area (Å²) in [6.07, 6.45) is 0.806. The van der Waals surface area contributed by atoms with Gasteiger partial charge in [-0.3, -0.25) is 9.59 Å². The molecule has 2 heterocycles. The number of nitrogens with zero attached hydrogens (tertiary/aromatic N) is 4. The summed E-state index contributed by atoms with van der Waals surface area (Å²) in [5, 5.41) is 19.2. The number of carboxylic acids is 2. The summed E-state index contributed by atoms with van der Waals surface area (Å²) < 4.78 is 0. The van der Waals surface area contributed by atoms with Gasteiger partial charge in [-0.05, 0) is 24.6 Å². The molecule has 0 aliphatic carbocycles. The zero-order chi connectivity index (χ0) is 22.1. The predicted octanol–water partition coefficient (Wildman–Crippen LogP) is -2.06. The standard InChI is InChI=1S/C19H18N6O5.K.H/c1-9(26)6-19(17(29)30,11-4-2-10(3-5-11)16(27)28)7-12-8-22-15-13(23-12)14(20)24-18(21)25-15;;/h2-5,8H,6-7H2,1H3,(H,27,28)(H,29,30)(H4,20,21,22,24,25);;/q;+1;-1. The van der Waals surface area contributed by atoms with Crippen molar-refractivity contribution < 1.29 is 77.4 Å². The number of hydrogen-bond acceptors (Lipinski definition) is 9. The molecule has 1 atom stereocenters. The first-order chi connectivity index (χ1) is 14.1. The van der Waals surface area contributed by atoms with E-state index in [2.05, 4.69) is 19.9 Å². The van der Waals surface area contributed by atoms with E-state index in [1.807, 2.05) is 0 Å². The van der Waals surface area contributed by atoms with Crippen molar-refractivity contribution in [3.05, 3.63) is 47.3 Å². The van der Waals surface area contributed by atoms with Crippen molar-refractivity contribution in [3.63, 3.8) is 0 Å². The van der Waals surface area contributed by atoms with Crippen LogP contribution in [0.15, 0.2) is 30.5 Å². The molecule has 3 rings (SSSR count). The number of ketones is 1. The van der Waals surface area contributed by atoms with Crippen LogP contribution in [-0.2, 0) is 21.4 Å². The van der Waals surface area contributed by atoms with Gasteiger partial charge in [-0.15, -0.1) is 0 Å². The Labute approximate surface area is 220 Å². The van der Waals surface area contributed by atoms with Gasteiger partial charge in [0, 0.05) is 12.8 Å². The summed E-state index contributed by atoms with van der Waals surface area (Å²) in [5.74, 6) is -2.85. The van der Waals surface area contributed by atoms with Crippen molar-refractivity contribution >= 4 is 40.7 Å². The van der Waals surface area contributed by atoms with Gasteiger partial charge in [0.15, 0.2) is 17.0 Å². The molecule has 0 spiro atoms. The van der Waals surface area contributed by atoms with E-state index in [1.54, 1.807) is 0 Å². The number of carbonyl (C=O) groups is 3. The maximum Gasteiger partial charge on any atom is 1.00 e. The monoisotopic (exact) mass is 450 g/mol. The quantitative estimate of drug-likeness (QED) is 0.289. The Kier molecular flexibility index (Phi) is 7.78. The Balaban J connectivity index is 0.00000256. The van der Waals surface area contributed by atoms with Gasteiger partial charge in [-0.25, -0.2) is 14.8 Å². The Morgan fingerprint density at radius 2 is 1.71 bits per heavy atom. The van der Waals surface area contributed by atoms with Gasteiger partial charge >= 0.3 is 63.3 Å². The van der Waals surface area contributed by atoms with Crippen molar-refractivity contribution in [2.75, 3.05) is 11.5 Å². The fourth-order valence-corrected chi connectivity index (χ4v) is 3.28. The van der Waals surface area contributed by atoms with Crippen LogP contribution >= 0.6 is 0 Å². The molecule has 11 nitrogen and oxygen atoms in total. The van der Waals surface area contributed by atoms with Crippen LogP contribution in [0.4, 0.5) is 11.8 Å². The van der Waals surface area contributed by atoms with E-state index in [-0.39, 0.29) is 111 Å². The molecule has 31 heavy (non-hydrogen) atoms. The molecular formula is C19H19KN6O5. The summed E-state index contributed by atoms with van der Waals surface area (Å²) in [5.41, 5.74) is 10.5. The number of Topliss-reactive ketones (excluding diaryl/α,β-unsaturated/α-hetero) is 1. The van der Waals surface area contributed by atoms with Crippen molar-refractivity contribution in [1.29, 1.82) is 0 Å². The minimum atomic E-state index is -1.69. The second-order valence-corrected chi connectivity index (χ2v) is 6.83. The molecule has 6 N–H and O–H groups in total. The van der Waals surface area contributed by atoms with E-state index >= 15 is 0 Å². The third-order valence-corrected chi connectivity index (χ3v) is 4.63. The van der Waals surface area contributed by atoms with Gasteiger partial charge in [0.2, 0.25) is 5.95 Å². The number of carboxylic acid groups (broad SMARTS) is 2. The number of aromatic carboxylic acids is 1. The van der Waals surface area contributed by atoms with E-state index < -0.39 is 17.4 Å². The Morgan fingerprint density at radius 3 is 2.26 bits per heavy atom. The first kappa shape index (κ1) is 24.8. The summed E-state index contributed by atoms with van der Waals surface area (Å²) in [4.78, 5) is 51.7. The van der Waals surface area contributed by atoms with Crippen LogP contribution in [0.2, 0.25) is 0 Å². The van der Waals surface area contributed by atoms with E-state index in [1.165, 1.54) is 37.4 Å². The zero-order valence-electron chi connectivity index (χ0n) is 17.9. The summed E-state index contributed by atoms with van der Waals surface area (Å²) in [6, 6.07) is 5.34. The average Bonchev–Trinajstić information content (AvgIpc) is 2.67. The number of nitrogen functional groups attached to an aromatic ring is 2. The number of anilines is 2. The van der Waals surface area contributed by atoms with E-state index in [0.29, 0.717) is 0 Å². The SMILES string of the molecule is CC(=O)CC(Cc1cnc2nc(N)nc(N)c2n1)(C(=O)O)c1ccc(C(=O)O)cc1.[H-].[K+]. The molecule has 3 aromatic rings. The van der Waals surface area contributed by atoms with Gasteiger partial charge in [-0.1, -0.05) is 12.1 Å². The third-order valence-electron chi connectivity index (χ3n) is 4.63. The number of aliphatic carboxylic acids is 1. The summed E-state index contributed by atoms with van der Waals surface area (Å²) in [7, 11) is 0. The topological polar surface area (TPSA) is 195 Å². The molecule has 0 aliphatic rings. The van der Waals surface area contributed by atoms with E-state index in [0.717, 1.165) is 0 Å². The summed E-state index contributed by atoms with van der Waals surface area (Å²) >= 11 is 0. The number of nitrogens with two attached hydrogens (primary N) is 2. The summed E-state index contributed by atoms with van der Waals surface area (Å²) in [6.45, 7) is 1.28. The molecule has 1 aromatic carbocycles. The normalized spacial score (nSPS) is 12.5. The van der Waals surface area contributed by atoms with Gasteiger partial charge in [-0.2, -0.15) is 9.97 Å². The molecular weight excluding hydrogens is 431 g/mol. The fraction of sp³-hybridized carbons (Fsp3) is 0.211. The minimum absolute atomic E-state index is 0. The van der Waals surface area contributed by atoms with Crippen molar-refractivity contribution in [2.24, 2.45) is 0 Å². The third kappa shape index (κ3) is 5.22. The van der Waals surface area contributed by atoms with Crippen molar-refractivity contribution in [3.8, 4) is 0 Å². The smallest absolute Gasteiger partial charge is 1.00 e. The van der Waals surface area contributed by atoms with E-state index in [4.69, 9.17) is 16.6 Å². The Morgan fingerprint density at radius 1 is 1.06 bits per heavy atom. The molecule has 0 bridgehead atoms. The van der Waals surface area contributed by atoms with Crippen LogP contribution < -0.4 is 62.9 Å². The molecule has 0 saturated heterocycles. The molecule has 0 aliphatic heterocycles. The minimum Gasteiger partial charge on any atom is -1.00 e. The average molecular weight is 450 g/mol. The van der Waals surface area contributed by atoms with Gasteiger partial charge in [0.05, 0.1) is 17.5 Å². The Hall–Kier alpha value is -2.51. The van der Waals surface area contributed by atoms with Crippen LogP contribution in [0.25, 0.3) is 11.2 Å². The molecule has 0 saturated carbocycles. The van der Waals surface area contributed by atoms with Crippen LogP contribution in [0.1, 0.15) is 36.4 Å². The number of hydrogen-bond donors (Lipinski definition) is 4. The number of fused-ring (bicyclic) bond motifs is 1. The first-order valence-electron chi connectivity index (χ1n) is 8.73. The van der Waals surface area contributed by atoms with E-state index in [9.17, 15) is 19.5 Å². The molecule has 0 fully saturated rings. The second-order valence-electron chi connectivity index (χ2n) is 6.83. The largest absolute Gasteiger partial charge is 1.00 e. The van der Waals surface area contributed by atoms with Gasteiger partial charge in [0.1, 0.15) is 11.2 Å². The maximum absolute atomic E-state index is 12.4. The number of carbonyl (C=O) groups excluding carboxylic acids is 1. The van der Waals surface area contributed by atoms with Crippen molar-refractivity contribution in [2.45, 2.75) is 25.2 Å². The molecule has 0 radical (unpaired) electrons. The van der Waals surface area contributed by atoms with Crippen LogP contribution in [0.5, 0.6) is 0 Å². The number of aromatic nitrogens is 4. The van der Waals surface area contributed by atoms with Crippen molar-refractivity contribution in [1.82, 2.24) is 19.9 Å². The van der Waals surface area contributed by atoms with Crippen LogP contribution in [0.3, 0.4) is 0 Å². The molecule has 2 aromatic heterocycles. The van der Waals surface area contributed by atoms with Gasteiger partial charge < -0.3 is 23.1 Å². The molecule has 12 heteroatoms. The predicted molar refractivity (Wildman–Crippen MR) is 107 cm³/mol. The molecule has 0 amide bonds. The van der Waals surface area contributed by atoms with Gasteiger partial charge in [0.25, 0.3) is 0 Å². The second kappa shape index (κ2) is 9.74. The molecule has 1 unspecified atom stereocenters. The van der Waals surface area contributed by atoms with Crippen LogP contribution in [0, 0.1) is 0 Å². The fourth-order valence-electron chi connectivity index (χ4n) is 3.28. The van der Waals surface area contributed by atoms with Crippen LogP contribution in [-0.4, -0.2) is 47.9 Å². The number of rotatable bonds is 7. The number of benzene rings is 1. The Bertz CT molecular complexity index is 1180. The molecule has 156 valence electrons.